The van der Waals surface area contributed by atoms with E-state index < -0.39 is 6.36 Å². The van der Waals surface area contributed by atoms with Gasteiger partial charge in [0, 0.05) is 25.7 Å². The first-order valence-electron chi connectivity index (χ1n) is 8.94. The Morgan fingerprint density at radius 3 is 2.33 bits per heavy atom. The molecule has 10 heteroatoms. The van der Waals surface area contributed by atoms with Gasteiger partial charge >= 0.3 is 6.36 Å². The minimum atomic E-state index is -4.75. The SMILES string of the molecule is CCOc1ccc(CNC(=NC)NCc2ccccc2OC(F)(F)F)cc1OC.I. The van der Waals surface area contributed by atoms with Crippen LogP contribution in [-0.2, 0) is 13.1 Å². The highest BCUT2D eigenvalue weighted by Crippen LogP contribution is 2.28. The largest absolute Gasteiger partial charge is 0.573 e. The van der Waals surface area contributed by atoms with Crippen LogP contribution in [0.2, 0.25) is 0 Å². The number of hydrogen-bond acceptors (Lipinski definition) is 4. The van der Waals surface area contributed by atoms with Gasteiger partial charge in [0.25, 0.3) is 0 Å². The highest BCUT2D eigenvalue weighted by molar-refractivity contribution is 14.0. The zero-order valence-corrected chi connectivity index (χ0v) is 19.2. The maximum Gasteiger partial charge on any atom is 0.573 e. The molecule has 0 unspecified atom stereocenters. The molecule has 0 saturated carbocycles. The molecule has 0 heterocycles. The van der Waals surface area contributed by atoms with E-state index in [9.17, 15) is 13.2 Å². The molecule has 166 valence electrons. The van der Waals surface area contributed by atoms with Gasteiger partial charge in [-0.1, -0.05) is 24.3 Å². The number of aliphatic imine (C=N–C) groups is 1. The summed E-state index contributed by atoms with van der Waals surface area (Å²) in [4.78, 5) is 4.09. The van der Waals surface area contributed by atoms with E-state index in [2.05, 4.69) is 20.4 Å². The van der Waals surface area contributed by atoms with Crippen molar-refractivity contribution in [3.05, 3.63) is 53.6 Å². The van der Waals surface area contributed by atoms with Crippen molar-refractivity contribution in [3.8, 4) is 17.2 Å². The molecule has 0 atom stereocenters. The van der Waals surface area contributed by atoms with Crippen LogP contribution in [0, 0.1) is 0 Å². The zero-order chi connectivity index (χ0) is 21.3. The normalized spacial score (nSPS) is 11.3. The Labute approximate surface area is 190 Å². The molecule has 2 N–H and O–H groups in total. The molecule has 0 aliphatic heterocycles. The molecule has 0 aliphatic rings. The van der Waals surface area contributed by atoms with Crippen molar-refractivity contribution >= 4 is 29.9 Å². The van der Waals surface area contributed by atoms with E-state index in [1.165, 1.54) is 12.1 Å². The molecular weight excluding hydrogens is 514 g/mol. The summed E-state index contributed by atoms with van der Waals surface area (Å²) in [5.41, 5.74) is 1.28. The Kier molecular flexibility index (Phi) is 10.6. The highest BCUT2D eigenvalue weighted by atomic mass is 127. The molecule has 0 spiro atoms. The number of methoxy groups -OCH3 is 1. The van der Waals surface area contributed by atoms with Crippen LogP contribution in [0.1, 0.15) is 18.1 Å². The first kappa shape index (κ1) is 25.7. The molecule has 2 rings (SSSR count). The fourth-order valence-electron chi connectivity index (χ4n) is 2.56. The lowest BCUT2D eigenvalue weighted by molar-refractivity contribution is -0.274. The first-order valence-corrected chi connectivity index (χ1v) is 8.94. The fourth-order valence-corrected chi connectivity index (χ4v) is 2.56. The third-order valence-corrected chi connectivity index (χ3v) is 3.86. The smallest absolute Gasteiger partial charge is 0.493 e. The summed E-state index contributed by atoms with van der Waals surface area (Å²) in [5, 5.41) is 6.08. The third-order valence-electron chi connectivity index (χ3n) is 3.86. The Balaban J connectivity index is 0.00000450. The number of hydrogen-bond donors (Lipinski definition) is 2. The first-order chi connectivity index (χ1) is 13.9. The van der Waals surface area contributed by atoms with Crippen molar-refractivity contribution in [1.29, 1.82) is 0 Å². The summed E-state index contributed by atoms with van der Waals surface area (Å²) in [6.07, 6.45) is -4.75. The molecule has 0 amide bonds. The van der Waals surface area contributed by atoms with Gasteiger partial charge < -0.3 is 24.8 Å². The predicted octanol–water partition coefficient (Wildman–Crippen LogP) is 4.48. The zero-order valence-electron chi connectivity index (χ0n) is 16.9. The van der Waals surface area contributed by atoms with E-state index in [4.69, 9.17) is 9.47 Å². The van der Waals surface area contributed by atoms with Crippen molar-refractivity contribution in [3.63, 3.8) is 0 Å². The van der Waals surface area contributed by atoms with Gasteiger partial charge in [0.2, 0.25) is 0 Å². The maximum atomic E-state index is 12.5. The average molecular weight is 539 g/mol. The van der Waals surface area contributed by atoms with E-state index in [1.807, 2.05) is 25.1 Å². The van der Waals surface area contributed by atoms with Crippen LogP contribution >= 0.6 is 24.0 Å². The van der Waals surface area contributed by atoms with E-state index >= 15 is 0 Å². The lowest BCUT2D eigenvalue weighted by Crippen LogP contribution is -2.36. The molecule has 30 heavy (non-hydrogen) atoms. The number of halogens is 4. The van der Waals surface area contributed by atoms with E-state index in [0.717, 1.165) is 5.56 Å². The van der Waals surface area contributed by atoms with Gasteiger partial charge in [0.1, 0.15) is 5.75 Å². The van der Waals surface area contributed by atoms with Crippen LogP contribution in [0.15, 0.2) is 47.5 Å². The molecule has 0 bridgehead atoms. The second-order valence-electron chi connectivity index (χ2n) is 5.85. The Bertz CT molecular complexity index is 832. The van der Waals surface area contributed by atoms with E-state index in [1.54, 1.807) is 26.3 Å². The van der Waals surface area contributed by atoms with E-state index in [-0.39, 0.29) is 36.3 Å². The third kappa shape index (κ3) is 8.17. The monoisotopic (exact) mass is 539 g/mol. The highest BCUT2D eigenvalue weighted by Gasteiger charge is 2.31. The quantitative estimate of drug-likeness (QED) is 0.295. The number of nitrogens with one attached hydrogen (secondary N) is 2. The molecule has 0 saturated heterocycles. The van der Waals surface area contributed by atoms with Crippen LogP contribution in [0.25, 0.3) is 0 Å². The number of nitrogens with zero attached hydrogens (tertiary/aromatic N) is 1. The number of ether oxygens (including phenoxy) is 3. The second-order valence-corrected chi connectivity index (χ2v) is 5.85. The molecule has 0 radical (unpaired) electrons. The van der Waals surface area contributed by atoms with E-state index in [0.29, 0.717) is 36.2 Å². The van der Waals surface area contributed by atoms with Crippen molar-refractivity contribution in [1.82, 2.24) is 10.6 Å². The molecule has 0 aliphatic carbocycles. The van der Waals surface area contributed by atoms with Gasteiger partial charge in [-0.2, -0.15) is 0 Å². The van der Waals surface area contributed by atoms with Gasteiger partial charge in [-0.3, -0.25) is 4.99 Å². The second kappa shape index (κ2) is 12.4. The average Bonchev–Trinajstić information content (AvgIpc) is 2.69. The van der Waals surface area contributed by atoms with Crippen LogP contribution in [0.4, 0.5) is 13.2 Å². The van der Waals surface area contributed by atoms with Crippen LogP contribution in [-0.4, -0.2) is 33.1 Å². The van der Waals surface area contributed by atoms with Crippen LogP contribution < -0.4 is 24.8 Å². The Morgan fingerprint density at radius 1 is 1.00 bits per heavy atom. The maximum absolute atomic E-state index is 12.5. The summed E-state index contributed by atoms with van der Waals surface area (Å²) in [6, 6.07) is 11.5. The lowest BCUT2D eigenvalue weighted by atomic mass is 10.2. The minimum absolute atomic E-state index is 0. The van der Waals surface area contributed by atoms with Gasteiger partial charge in [-0.25, -0.2) is 0 Å². The topological polar surface area (TPSA) is 64.1 Å². The molecule has 6 nitrogen and oxygen atoms in total. The standard InChI is InChI=1S/C20H24F3N3O3.HI/c1-4-28-17-10-9-14(11-18(17)27-3)12-25-19(24-2)26-13-15-7-5-6-8-16(15)29-20(21,22)23;/h5-11H,4,12-13H2,1-3H3,(H2,24,25,26);1H. The molecule has 2 aromatic carbocycles. The lowest BCUT2D eigenvalue weighted by Gasteiger charge is -2.16. The van der Waals surface area contributed by atoms with Gasteiger partial charge in [-0.15, -0.1) is 37.1 Å². The van der Waals surface area contributed by atoms with Crippen molar-refractivity contribution in [2.45, 2.75) is 26.4 Å². The Morgan fingerprint density at radius 2 is 1.70 bits per heavy atom. The molecular formula is C20H25F3IN3O3. The van der Waals surface area contributed by atoms with Crippen molar-refractivity contribution in [2.75, 3.05) is 20.8 Å². The number of guanidine groups is 1. The van der Waals surface area contributed by atoms with Crippen LogP contribution in [0.3, 0.4) is 0 Å². The summed E-state index contributed by atoms with van der Waals surface area (Å²) < 4.78 is 52.5. The van der Waals surface area contributed by atoms with Crippen molar-refractivity contribution in [2.24, 2.45) is 4.99 Å². The summed E-state index contributed by atoms with van der Waals surface area (Å²) in [7, 11) is 3.14. The van der Waals surface area contributed by atoms with Crippen LogP contribution in [0.5, 0.6) is 17.2 Å². The molecule has 0 fully saturated rings. The number of rotatable bonds is 8. The van der Waals surface area contributed by atoms with Gasteiger partial charge in [0.15, 0.2) is 17.5 Å². The molecule has 0 aromatic heterocycles. The summed E-state index contributed by atoms with van der Waals surface area (Å²) in [6.45, 7) is 2.97. The number of alkyl halides is 3. The number of benzene rings is 2. The van der Waals surface area contributed by atoms with Gasteiger partial charge in [-0.05, 0) is 30.7 Å². The van der Waals surface area contributed by atoms with Crippen molar-refractivity contribution < 1.29 is 27.4 Å². The summed E-state index contributed by atoms with van der Waals surface area (Å²) in [5.74, 6) is 1.45. The fraction of sp³-hybridized carbons (Fsp3) is 0.350. The predicted molar refractivity (Wildman–Crippen MR) is 120 cm³/mol. The van der Waals surface area contributed by atoms with Gasteiger partial charge in [0.05, 0.1) is 13.7 Å². The summed E-state index contributed by atoms with van der Waals surface area (Å²) >= 11 is 0. The molecule has 2 aromatic rings. The Hall–Kier alpha value is -2.37. The minimum Gasteiger partial charge on any atom is -0.493 e. The number of para-hydroxylation sites is 1.